The third kappa shape index (κ3) is 10.8. The number of unbranched alkanes of at least 4 members (excludes halogenated alkanes) is 15. The van der Waals surface area contributed by atoms with E-state index >= 15 is 0 Å². The molecule has 2 heterocycles. The number of esters is 1. The van der Waals surface area contributed by atoms with Gasteiger partial charge in [-0.25, -0.2) is 9.59 Å². The van der Waals surface area contributed by atoms with Gasteiger partial charge < -0.3 is 40.6 Å². The lowest BCUT2D eigenvalue weighted by molar-refractivity contribution is -0.138. The molecule has 4 aliphatic rings. The van der Waals surface area contributed by atoms with Crippen LogP contribution in [0.25, 0.3) is 21.5 Å². The first-order valence-corrected chi connectivity index (χ1v) is 26.1. The van der Waals surface area contributed by atoms with Crippen molar-refractivity contribution < 1.29 is 43.9 Å². The van der Waals surface area contributed by atoms with Crippen LogP contribution >= 0.6 is 0 Å². The van der Waals surface area contributed by atoms with E-state index < -0.39 is 11.9 Å². The van der Waals surface area contributed by atoms with Crippen molar-refractivity contribution in [2.45, 2.75) is 159 Å². The summed E-state index contributed by atoms with van der Waals surface area (Å²) in [7, 11) is 3.91. The number of piperidine rings is 1. The number of nitrogens with zero attached hydrogens (tertiary/aromatic N) is 1. The van der Waals surface area contributed by atoms with Crippen molar-refractivity contribution in [2.24, 2.45) is 5.92 Å². The molecule has 9 rings (SSSR count). The van der Waals surface area contributed by atoms with Gasteiger partial charge in [0.1, 0.15) is 22.6 Å². The molecule has 0 unspecified atom stereocenters. The molecule has 6 N–H and O–H groups in total. The number of carbonyl (C=O) groups excluding carboxylic acids is 2. The number of methoxy groups -OCH3 is 1. The number of fused-ring (bicyclic) bond motifs is 2. The smallest absolute Gasteiger partial charge is 0.341 e. The summed E-state index contributed by atoms with van der Waals surface area (Å²) in [6, 6.07) is 22.4. The Hall–Kier alpha value is -5.65. The first kappa shape index (κ1) is 52.2. The maximum Gasteiger partial charge on any atom is 0.341 e. The highest BCUT2D eigenvalue weighted by molar-refractivity contribution is 6.03. The van der Waals surface area contributed by atoms with Gasteiger partial charge in [-0.1, -0.05) is 158 Å². The summed E-state index contributed by atoms with van der Waals surface area (Å²) < 4.78 is 17.4. The van der Waals surface area contributed by atoms with Gasteiger partial charge in [0.25, 0.3) is 0 Å². The fourth-order valence-electron chi connectivity index (χ4n) is 12.2. The number of hydrogen-bond donors (Lipinski definition) is 4. The van der Waals surface area contributed by atoms with Gasteiger partial charge in [-0.2, -0.15) is 0 Å². The number of rotatable bonds is 22. The number of phenolic OH excluding ortho intramolecular Hbond substituents is 1. The standard InChI is InChI=1S/C41H52O6.C18H21NO3.H3N/c1-2-3-4-5-6-7-8-9-10-11-12-13-14-15-16-21-26-47-41(46)37-28-31-23-18-20-25-33(31)35(39(37)43)29-34-32-24-19-17-22-30(32)27-36(38(34)42)40(44)45;1-19-8-7-18-11-4-5-13(20)17(18)22-16-14(21-2)6-3-10(15(16)18)9-12(11)19;/h17-20,22-25,27-28,42-43H,2-16,21,26,29H2,1H3,(H,44,45);3,6,11-12,17H,4-5,7-9H2,1-2H3;1H3/t;11-,12+,17-,18-;/m.0./s1. The van der Waals surface area contributed by atoms with Crippen molar-refractivity contribution in [1.82, 2.24) is 11.1 Å². The molecule has 4 atom stereocenters. The van der Waals surface area contributed by atoms with Crippen molar-refractivity contribution in [3.8, 4) is 23.0 Å². The maximum atomic E-state index is 13.2. The molecule has 0 amide bonds. The Bertz CT molecular complexity index is 2630. The molecular formula is C59H76N2O9. The highest BCUT2D eigenvalue weighted by Crippen LogP contribution is 2.63. The molecule has 2 bridgehead atoms. The van der Waals surface area contributed by atoms with Crippen LogP contribution in [-0.2, 0) is 27.8 Å². The molecule has 2 fully saturated rings. The Balaban J connectivity index is 0.000000258. The summed E-state index contributed by atoms with van der Waals surface area (Å²) in [6.45, 7) is 3.59. The minimum atomic E-state index is -1.24. The van der Waals surface area contributed by atoms with E-state index in [2.05, 4.69) is 24.9 Å². The SMILES string of the molecule is CCCCCCCCCCCCCCCCCCOC(=O)c1cc2ccccc2c(Cc2c(O)c(C(=O)O)cc3ccccc23)c1O.COc1ccc2c3c1O[C@H]1C(=O)CC[C@H]4[C@@H](C2)N(C)CC[C@]314.N. The average molecular weight is 957 g/mol. The molecule has 0 radical (unpaired) electrons. The number of likely N-dealkylation sites (N-methyl/N-ethyl adjacent to an activating group) is 1. The number of ketones is 1. The fraction of sp³-hybridized carbons (Fsp3) is 0.508. The van der Waals surface area contributed by atoms with Crippen LogP contribution in [0, 0.1) is 5.92 Å². The lowest BCUT2D eigenvalue weighted by atomic mass is 9.52. The van der Waals surface area contributed by atoms with Gasteiger partial charge in [-0.15, -0.1) is 0 Å². The van der Waals surface area contributed by atoms with Crippen LogP contribution in [0.2, 0.25) is 0 Å². The average Bonchev–Trinajstić information content (AvgIpc) is 3.71. The summed E-state index contributed by atoms with van der Waals surface area (Å²) in [5, 5.41) is 34.9. The van der Waals surface area contributed by atoms with Gasteiger partial charge in [0.15, 0.2) is 23.4 Å². The Morgan fingerprint density at radius 2 is 1.30 bits per heavy atom. The summed E-state index contributed by atoms with van der Waals surface area (Å²) >= 11 is 0. The number of Topliss-reactive ketones (excluding diaryl/α,β-unsaturated/α-hetero) is 1. The molecule has 11 nitrogen and oxygen atoms in total. The van der Waals surface area contributed by atoms with Crippen molar-refractivity contribution in [3.05, 3.63) is 106 Å². The Kier molecular flexibility index (Phi) is 17.9. The topological polar surface area (TPSA) is 178 Å². The molecule has 1 saturated heterocycles. The minimum absolute atomic E-state index is 0. The van der Waals surface area contributed by atoms with Crippen molar-refractivity contribution in [2.75, 3.05) is 27.3 Å². The van der Waals surface area contributed by atoms with Gasteiger partial charge in [0.05, 0.1) is 13.7 Å². The molecule has 2 aliphatic carbocycles. The number of benzene rings is 5. The normalized spacial score (nSPS) is 19.7. The van der Waals surface area contributed by atoms with E-state index in [1.54, 1.807) is 25.3 Å². The molecule has 1 saturated carbocycles. The Labute approximate surface area is 414 Å². The van der Waals surface area contributed by atoms with Crippen LogP contribution in [0.5, 0.6) is 23.0 Å². The third-order valence-corrected chi connectivity index (χ3v) is 15.9. The van der Waals surface area contributed by atoms with Crippen LogP contribution in [0.3, 0.4) is 0 Å². The quantitative estimate of drug-likeness (QED) is 0.0383. The molecule has 2 aliphatic heterocycles. The van der Waals surface area contributed by atoms with Gasteiger partial charge in [0, 0.05) is 41.0 Å². The first-order chi connectivity index (χ1) is 33.6. The summed E-state index contributed by atoms with van der Waals surface area (Å²) in [5.41, 5.74) is 3.23. The van der Waals surface area contributed by atoms with Gasteiger partial charge in [-0.3, -0.25) is 4.79 Å². The summed E-state index contributed by atoms with van der Waals surface area (Å²) in [6.07, 6.45) is 23.8. The van der Waals surface area contributed by atoms with Gasteiger partial charge in [-0.05, 0) is 90.5 Å². The number of carboxylic acid groups (broad SMARTS) is 1. The van der Waals surface area contributed by atoms with E-state index in [-0.39, 0.29) is 59.1 Å². The molecular weight excluding hydrogens is 881 g/mol. The number of ether oxygens (including phenoxy) is 3. The van der Waals surface area contributed by atoms with Gasteiger partial charge in [0.2, 0.25) is 0 Å². The molecule has 11 heteroatoms. The number of carbonyl (C=O) groups is 3. The number of hydrogen-bond acceptors (Lipinski definition) is 10. The maximum absolute atomic E-state index is 13.2. The highest BCUT2D eigenvalue weighted by atomic mass is 16.5. The van der Waals surface area contributed by atoms with E-state index in [1.165, 1.54) is 101 Å². The molecule has 70 heavy (non-hydrogen) atoms. The van der Waals surface area contributed by atoms with Crippen LogP contribution in [0.15, 0.2) is 72.8 Å². The second-order valence-electron chi connectivity index (χ2n) is 20.1. The molecule has 376 valence electrons. The number of aromatic hydroxyl groups is 2. The molecule has 1 spiro atoms. The third-order valence-electron chi connectivity index (χ3n) is 15.9. The Morgan fingerprint density at radius 1 is 0.757 bits per heavy atom. The van der Waals surface area contributed by atoms with Gasteiger partial charge >= 0.3 is 11.9 Å². The lowest BCUT2D eigenvalue weighted by Crippen LogP contribution is -2.65. The van der Waals surface area contributed by atoms with E-state index in [0.717, 1.165) is 62.0 Å². The fourth-order valence-corrected chi connectivity index (χ4v) is 12.2. The summed E-state index contributed by atoms with van der Waals surface area (Å²) in [5.74, 6) is 0.0556. The van der Waals surface area contributed by atoms with Crippen molar-refractivity contribution in [1.29, 1.82) is 0 Å². The van der Waals surface area contributed by atoms with Crippen LogP contribution in [-0.4, -0.2) is 77.4 Å². The predicted molar refractivity (Wildman–Crippen MR) is 277 cm³/mol. The number of likely N-dealkylation sites (tertiary alicyclic amines) is 1. The second kappa shape index (κ2) is 24.0. The minimum Gasteiger partial charge on any atom is -0.507 e. The highest BCUT2D eigenvalue weighted by Gasteiger charge is 2.65. The van der Waals surface area contributed by atoms with Crippen molar-refractivity contribution in [3.63, 3.8) is 0 Å². The molecule has 5 aromatic carbocycles. The zero-order valence-corrected chi connectivity index (χ0v) is 41.9. The number of phenols is 2. The monoisotopic (exact) mass is 957 g/mol. The molecule has 5 aromatic rings. The molecule has 0 aromatic heterocycles. The first-order valence-electron chi connectivity index (χ1n) is 26.1. The van der Waals surface area contributed by atoms with E-state index in [9.17, 15) is 29.7 Å². The van der Waals surface area contributed by atoms with Crippen molar-refractivity contribution >= 4 is 39.3 Å². The van der Waals surface area contributed by atoms with E-state index in [4.69, 9.17) is 14.2 Å². The van der Waals surface area contributed by atoms with Crippen LogP contribution in [0.4, 0.5) is 0 Å². The largest absolute Gasteiger partial charge is 0.507 e. The lowest BCUT2D eigenvalue weighted by Gasteiger charge is -2.57. The second-order valence-corrected chi connectivity index (χ2v) is 20.1. The predicted octanol–water partition coefficient (Wildman–Crippen LogP) is 13.2. The zero-order valence-electron chi connectivity index (χ0n) is 41.9. The van der Waals surface area contributed by atoms with E-state index in [0.29, 0.717) is 45.7 Å². The van der Waals surface area contributed by atoms with Crippen LogP contribution < -0.4 is 15.6 Å². The number of aromatic carboxylic acids is 1. The van der Waals surface area contributed by atoms with Crippen LogP contribution in [0.1, 0.15) is 172 Å². The Morgan fingerprint density at radius 3 is 1.87 bits per heavy atom. The zero-order chi connectivity index (χ0) is 48.5. The summed E-state index contributed by atoms with van der Waals surface area (Å²) in [4.78, 5) is 40.2. The number of carboxylic acids is 1. The van der Waals surface area contributed by atoms with E-state index in [1.807, 2.05) is 42.5 Å².